The Hall–Kier alpha value is -1.97. The van der Waals surface area contributed by atoms with Crippen LogP contribution in [0, 0.1) is 11.6 Å². The maximum atomic E-state index is 13.4. The van der Waals surface area contributed by atoms with Gasteiger partial charge in [0, 0.05) is 12.5 Å². The van der Waals surface area contributed by atoms with Crippen molar-refractivity contribution in [2.75, 3.05) is 0 Å². The van der Waals surface area contributed by atoms with E-state index in [0.717, 1.165) is 18.9 Å². The topological polar surface area (TPSA) is 20.3 Å². The van der Waals surface area contributed by atoms with Crippen LogP contribution in [0.2, 0.25) is 0 Å². The molecule has 112 valence electrons. The average Bonchev–Trinajstić information content (AvgIpc) is 2.86. The molecule has 2 rings (SSSR count). The molecule has 2 nitrogen and oxygen atoms in total. The van der Waals surface area contributed by atoms with Gasteiger partial charge in [-0.15, -0.1) is 13.2 Å². The highest BCUT2D eigenvalue weighted by molar-refractivity contribution is 5.78. The van der Waals surface area contributed by atoms with Gasteiger partial charge in [0.15, 0.2) is 11.6 Å². The number of carbonyl (C=O) groups excluding carboxylic acids is 1. The fraction of sp³-hybridized carbons (Fsp3) is 0.353. The summed E-state index contributed by atoms with van der Waals surface area (Å²) in [5.41, 5.74) is 0.637. The summed E-state index contributed by atoms with van der Waals surface area (Å²) in [6, 6.07) is 3.70. The van der Waals surface area contributed by atoms with Gasteiger partial charge in [0.25, 0.3) is 0 Å². The van der Waals surface area contributed by atoms with Crippen molar-refractivity contribution in [3.8, 4) is 0 Å². The Kier molecular flexibility index (Phi) is 4.89. The summed E-state index contributed by atoms with van der Waals surface area (Å²) in [4.78, 5) is 14.1. The lowest BCUT2D eigenvalue weighted by molar-refractivity contribution is -0.133. The van der Waals surface area contributed by atoms with Crippen molar-refractivity contribution in [3.63, 3.8) is 0 Å². The smallest absolute Gasteiger partial charge is 0.227 e. The lowest BCUT2D eigenvalue weighted by Gasteiger charge is -2.30. The molecule has 0 radical (unpaired) electrons. The zero-order valence-electron chi connectivity index (χ0n) is 11.9. The molecule has 1 fully saturated rings. The van der Waals surface area contributed by atoms with Gasteiger partial charge in [-0.2, -0.15) is 0 Å². The van der Waals surface area contributed by atoms with E-state index in [1.165, 1.54) is 6.07 Å². The maximum absolute atomic E-state index is 13.4. The van der Waals surface area contributed by atoms with Crippen molar-refractivity contribution in [2.24, 2.45) is 0 Å². The Morgan fingerprint density at radius 3 is 2.62 bits per heavy atom. The first kappa shape index (κ1) is 15.4. The monoisotopic (exact) mass is 291 g/mol. The van der Waals surface area contributed by atoms with Crippen LogP contribution in [0.15, 0.2) is 43.5 Å². The second-order valence-electron chi connectivity index (χ2n) is 5.24. The van der Waals surface area contributed by atoms with Gasteiger partial charge in [-0.3, -0.25) is 4.79 Å². The SMILES string of the molecule is C=CCC(=O)N1[C@@H](CC=C)CC[C@H]1c1ccc(F)c(F)c1. The van der Waals surface area contributed by atoms with E-state index in [2.05, 4.69) is 13.2 Å². The maximum Gasteiger partial charge on any atom is 0.227 e. The molecule has 1 aliphatic heterocycles. The molecule has 1 aromatic rings. The van der Waals surface area contributed by atoms with Gasteiger partial charge < -0.3 is 4.90 Å². The molecule has 0 unspecified atom stereocenters. The average molecular weight is 291 g/mol. The van der Waals surface area contributed by atoms with E-state index in [0.29, 0.717) is 12.0 Å². The molecule has 0 saturated carbocycles. The third-order valence-corrected chi connectivity index (χ3v) is 3.88. The molecule has 1 aromatic carbocycles. The molecule has 1 aliphatic rings. The molecule has 1 saturated heterocycles. The van der Waals surface area contributed by atoms with Crippen molar-refractivity contribution < 1.29 is 13.6 Å². The van der Waals surface area contributed by atoms with Gasteiger partial charge in [-0.05, 0) is 37.0 Å². The minimum Gasteiger partial charge on any atom is -0.332 e. The first-order valence-electron chi connectivity index (χ1n) is 7.06. The van der Waals surface area contributed by atoms with Crippen LogP contribution in [0.25, 0.3) is 0 Å². The summed E-state index contributed by atoms with van der Waals surface area (Å²) in [5.74, 6) is -1.79. The zero-order valence-corrected chi connectivity index (χ0v) is 11.9. The predicted molar refractivity (Wildman–Crippen MR) is 78.6 cm³/mol. The van der Waals surface area contributed by atoms with Gasteiger partial charge in [0.05, 0.1) is 6.04 Å². The summed E-state index contributed by atoms with van der Waals surface area (Å²) in [6.07, 6.45) is 5.86. The van der Waals surface area contributed by atoms with E-state index >= 15 is 0 Å². The molecular weight excluding hydrogens is 272 g/mol. The number of halogens is 2. The van der Waals surface area contributed by atoms with Crippen molar-refractivity contribution in [1.29, 1.82) is 0 Å². The molecule has 0 bridgehead atoms. The Labute approximate surface area is 123 Å². The van der Waals surface area contributed by atoms with Crippen LogP contribution in [0.4, 0.5) is 8.78 Å². The highest BCUT2D eigenvalue weighted by Gasteiger charge is 2.36. The number of likely N-dealkylation sites (tertiary alicyclic amines) is 1. The Bertz CT molecular complexity index is 556. The summed E-state index contributed by atoms with van der Waals surface area (Å²) in [5, 5.41) is 0. The van der Waals surface area contributed by atoms with E-state index in [4.69, 9.17) is 0 Å². The third-order valence-electron chi connectivity index (χ3n) is 3.88. The summed E-state index contributed by atoms with van der Waals surface area (Å²) >= 11 is 0. The number of amides is 1. The molecular formula is C17H19F2NO. The quantitative estimate of drug-likeness (QED) is 0.746. The van der Waals surface area contributed by atoms with Crippen LogP contribution in [0.5, 0.6) is 0 Å². The summed E-state index contributed by atoms with van der Waals surface area (Å²) in [7, 11) is 0. The first-order valence-corrected chi connectivity index (χ1v) is 7.06. The van der Waals surface area contributed by atoms with Crippen LogP contribution in [-0.4, -0.2) is 16.8 Å². The minimum absolute atomic E-state index is 0.0379. The number of hydrogen-bond acceptors (Lipinski definition) is 1. The standard InChI is InChI=1S/C17H19F2NO/c1-3-5-13-8-10-16(20(13)17(21)6-4-2)12-7-9-14(18)15(19)11-12/h3-4,7,9,11,13,16H,1-2,5-6,8,10H2/t13-,16-/m0/s1. The van der Waals surface area contributed by atoms with Gasteiger partial charge in [-0.1, -0.05) is 18.2 Å². The van der Waals surface area contributed by atoms with Crippen LogP contribution < -0.4 is 0 Å². The summed E-state index contributed by atoms with van der Waals surface area (Å²) < 4.78 is 26.5. The van der Waals surface area contributed by atoms with Crippen LogP contribution in [0.1, 0.15) is 37.3 Å². The van der Waals surface area contributed by atoms with E-state index in [1.54, 1.807) is 23.1 Å². The van der Waals surface area contributed by atoms with Gasteiger partial charge in [0.1, 0.15) is 0 Å². The second kappa shape index (κ2) is 6.66. The van der Waals surface area contributed by atoms with Crippen molar-refractivity contribution in [3.05, 3.63) is 60.7 Å². The number of carbonyl (C=O) groups is 1. The minimum atomic E-state index is -0.879. The molecule has 1 amide bonds. The molecule has 0 aliphatic carbocycles. The predicted octanol–water partition coefficient (Wildman–Crippen LogP) is 4.15. The van der Waals surface area contributed by atoms with E-state index in [1.807, 2.05) is 0 Å². The summed E-state index contributed by atoms with van der Waals surface area (Å²) in [6.45, 7) is 7.31. The largest absolute Gasteiger partial charge is 0.332 e. The number of hydrogen-bond donors (Lipinski definition) is 0. The number of nitrogens with zero attached hydrogens (tertiary/aromatic N) is 1. The third kappa shape index (κ3) is 3.20. The lowest BCUT2D eigenvalue weighted by Crippen LogP contribution is -2.36. The molecule has 1 heterocycles. The van der Waals surface area contributed by atoms with Crippen LogP contribution >= 0.6 is 0 Å². The van der Waals surface area contributed by atoms with E-state index in [9.17, 15) is 13.6 Å². The molecule has 2 atom stereocenters. The normalized spacial score (nSPS) is 21.3. The van der Waals surface area contributed by atoms with Gasteiger partial charge in [0.2, 0.25) is 5.91 Å². The zero-order chi connectivity index (χ0) is 15.4. The van der Waals surface area contributed by atoms with E-state index in [-0.39, 0.29) is 24.4 Å². The highest BCUT2D eigenvalue weighted by Crippen LogP contribution is 2.38. The van der Waals surface area contributed by atoms with Crippen molar-refractivity contribution in [2.45, 2.75) is 37.8 Å². The Morgan fingerprint density at radius 2 is 2.00 bits per heavy atom. The number of benzene rings is 1. The fourth-order valence-electron chi connectivity index (χ4n) is 2.96. The lowest BCUT2D eigenvalue weighted by atomic mass is 10.0. The Morgan fingerprint density at radius 1 is 1.24 bits per heavy atom. The molecule has 21 heavy (non-hydrogen) atoms. The Balaban J connectivity index is 2.31. The molecule has 0 aromatic heterocycles. The van der Waals surface area contributed by atoms with Gasteiger partial charge in [-0.25, -0.2) is 8.78 Å². The number of rotatable bonds is 5. The van der Waals surface area contributed by atoms with Crippen LogP contribution in [-0.2, 0) is 4.79 Å². The van der Waals surface area contributed by atoms with Gasteiger partial charge >= 0.3 is 0 Å². The van der Waals surface area contributed by atoms with Crippen LogP contribution in [0.3, 0.4) is 0 Å². The highest BCUT2D eigenvalue weighted by atomic mass is 19.2. The second-order valence-corrected chi connectivity index (χ2v) is 5.24. The molecule has 0 spiro atoms. The molecule has 0 N–H and O–H groups in total. The fourth-order valence-corrected chi connectivity index (χ4v) is 2.96. The first-order chi connectivity index (χ1) is 10.1. The van der Waals surface area contributed by atoms with Crippen molar-refractivity contribution in [1.82, 2.24) is 4.90 Å². The van der Waals surface area contributed by atoms with Crippen molar-refractivity contribution >= 4 is 5.91 Å². The van der Waals surface area contributed by atoms with E-state index < -0.39 is 11.6 Å². The molecule has 4 heteroatoms.